The average Bonchev–Trinajstić information content (AvgIpc) is 3.15. The van der Waals surface area contributed by atoms with Gasteiger partial charge in [-0.15, -0.1) is 0 Å². The number of aromatic hydroxyl groups is 1. The number of amides is 2. The van der Waals surface area contributed by atoms with Crippen LogP contribution in [0.1, 0.15) is 23.2 Å². The molecule has 0 atom stereocenters. The molecule has 0 unspecified atom stereocenters. The van der Waals surface area contributed by atoms with E-state index in [0.717, 1.165) is 12.8 Å². The van der Waals surface area contributed by atoms with E-state index in [9.17, 15) is 14.7 Å². The first kappa shape index (κ1) is 14.1. The van der Waals surface area contributed by atoms with Gasteiger partial charge in [-0.2, -0.15) is 0 Å². The van der Waals surface area contributed by atoms with Crippen LogP contribution in [-0.2, 0) is 4.79 Å². The van der Waals surface area contributed by atoms with Crippen molar-refractivity contribution >= 4 is 34.4 Å². The fourth-order valence-corrected chi connectivity index (χ4v) is 1.99. The lowest BCUT2D eigenvalue weighted by molar-refractivity contribution is -0.121. The van der Waals surface area contributed by atoms with Crippen molar-refractivity contribution in [2.24, 2.45) is 0 Å². The van der Waals surface area contributed by atoms with Gasteiger partial charge >= 0.3 is 0 Å². The van der Waals surface area contributed by atoms with Crippen LogP contribution >= 0.6 is 22.6 Å². The minimum Gasteiger partial charge on any atom is -0.507 e. The lowest BCUT2D eigenvalue weighted by Gasteiger charge is -2.17. The zero-order chi connectivity index (χ0) is 14.0. The number of phenolic OH excluding ortho intramolecular Hbond substituents is 1. The Bertz CT molecular complexity index is 515. The topological polar surface area (TPSA) is 69.6 Å². The molecule has 0 heterocycles. The van der Waals surface area contributed by atoms with E-state index in [1.54, 1.807) is 19.2 Å². The van der Waals surface area contributed by atoms with Crippen LogP contribution in [0.15, 0.2) is 18.2 Å². The summed E-state index contributed by atoms with van der Waals surface area (Å²) in [4.78, 5) is 25.0. The molecule has 2 amide bonds. The second-order valence-electron chi connectivity index (χ2n) is 4.67. The summed E-state index contributed by atoms with van der Waals surface area (Å²) in [6.45, 7) is 0.0298. The van der Waals surface area contributed by atoms with E-state index in [-0.39, 0.29) is 24.1 Å². The van der Waals surface area contributed by atoms with E-state index in [4.69, 9.17) is 0 Å². The normalized spacial score (nSPS) is 14.0. The van der Waals surface area contributed by atoms with Crippen molar-refractivity contribution in [2.45, 2.75) is 18.9 Å². The van der Waals surface area contributed by atoms with Crippen LogP contribution in [0.4, 0.5) is 0 Å². The number of hydrogen-bond acceptors (Lipinski definition) is 3. The Morgan fingerprint density at radius 1 is 1.47 bits per heavy atom. The number of likely N-dealkylation sites (N-methyl/N-ethyl adjacent to an activating group) is 1. The van der Waals surface area contributed by atoms with E-state index in [2.05, 4.69) is 5.32 Å². The van der Waals surface area contributed by atoms with Crippen molar-refractivity contribution in [2.75, 3.05) is 13.6 Å². The van der Waals surface area contributed by atoms with Gasteiger partial charge in [-0.1, -0.05) is 0 Å². The van der Waals surface area contributed by atoms with Crippen LogP contribution in [-0.4, -0.2) is 41.5 Å². The molecule has 1 aromatic rings. The van der Waals surface area contributed by atoms with Crippen LogP contribution in [0, 0.1) is 3.57 Å². The highest BCUT2D eigenvalue weighted by Crippen LogP contribution is 2.21. The summed E-state index contributed by atoms with van der Waals surface area (Å²) in [5, 5.41) is 12.4. The first-order chi connectivity index (χ1) is 8.97. The maximum absolute atomic E-state index is 12.1. The van der Waals surface area contributed by atoms with E-state index in [1.165, 1.54) is 11.0 Å². The Hall–Kier alpha value is -1.31. The third-order valence-corrected chi connectivity index (χ3v) is 3.78. The van der Waals surface area contributed by atoms with Crippen LogP contribution in [0.25, 0.3) is 0 Å². The number of phenols is 1. The van der Waals surface area contributed by atoms with Crippen LogP contribution in [0.5, 0.6) is 5.75 Å². The van der Waals surface area contributed by atoms with E-state index < -0.39 is 0 Å². The van der Waals surface area contributed by atoms with Gasteiger partial charge in [-0.25, -0.2) is 0 Å². The van der Waals surface area contributed by atoms with Gasteiger partial charge < -0.3 is 15.3 Å². The molecule has 102 valence electrons. The van der Waals surface area contributed by atoms with E-state index >= 15 is 0 Å². The number of benzene rings is 1. The van der Waals surface area contributed by atoms with E-state index in [0.29, 0.717) is 15.2 Å². The number of hydrogen-bond donors (Lipinski definition) is 2. The van der Waals surface area contributed by atoms with Crippen molar-refractivity contribution < 1.29 is 14.7 Å². The molecule has 0 aromatic heterocycles. The Labute approximate surface area is 125 Å². The van der Waals surface area contributed by atoms with Gasteiger partial charge in [-0.3, -0.25) is 9.59 Å². The highest BCUT2D eigenvalue weighted by atomic mass is 127. The number of nitrogens with one attached hydrogen (secondary N) is 1. The summed E-state index contributed by atoms with van der Waals surface area (Å²) >= 11 is 1.98. The molecule has 1 fully saturated rings. The molecule has 5 nitrogen and oxygen atoms in total. The second-order valence-corrected chi connectivity index (χ2v) is 5.83. The molecule has 6 heteroatoms. The molecule has 1 aliphatic rings. The highest BCUT2D eigenvalue weighted by molar-refractivity contribution is 14.1. The second kappa shape index (κ2) is 5.77. The highest BCUT2D eigenvalue weighted by Gasteiger charge is 2.24. The van der Waals surface area contributed by atoms with Crippen LogP contribution in [0.2, 0.25) is 0 Å². The minimum atomic E-state index is -0.280. The molecule has 0 saturated heterocycles. The monoisotopic (exact) mass is 374 g/mol. The van der Waals surface area contributed by atoms with Crippen molar-refractivity contribution in [3.8, 4) is 5.75 Å². The molecule has 2 N–H and O–H groups in total. The lowest BCUT2D eigenvalue weighted by Crippen LogP contribution is -2.39. The molecule has 0 spiro atoms. The molecule has 19 heavy (non-hydrogen) atoms. The summed E-state index contributed by atoms with van der Waals surface area (Å²) in [7, 11) is 1.57. The SMILES string of the molecule is CN(CC(=O)NC1CC1)C(=O)c1ccc(I)c(O)c1. The maximum atomic E-state index is 12.1. The molecule has 1 saturated carbocycles. The predicted octanol–water partition coefficient (Wildman–Crippen LogP) is 1.35. The predicted molar refractivity (Wildman–Crippen MR) is 78.9 cm³/mol. The molecule has 2 rings (SSSR count). The molecule has 0 radical (unpaired) electrons. The van der Waals surface area contributed by atoms with Gasteiger partial charge in [0.2, 0.25) is 5.91 Å². The van der Waals surface area contributed by atoms with Crippen molar-refractivity contribution in [3.63, 3.8) is 0 Å². The number of halogens is 1. The third kappa shape index (κ3) is 3.82. The number of nitrogens with zero attached hydrogens (tertiary/aromatic N) is 1. The Morgan fingerprint density at radius 2 is 2.16 bits per heavy atom. The van der Waals surface area contributed by atoms with Crippen molar-refractivity contribution in [1.82, 2.24) is 10.2 Å². The molecular weight excluding hydrogens is 359 g/mol. The Balaban J connectivity index is 1.97. The molecule has 1 aromatic carbocycles. The van der Waals surface area contributed by atoms with Gasteiger partial charge in [0, 0.05) is 18.7 Å². The first-order valence-electron chi connectivity index (χ1n) is 6.00. The Morgan fingerprint density at radius 3 is 2.74 bits per heavy atom. The van der Waals surface area contributed by atoms with Gasteiger partial charge in [0.15, 0.2) is 0 Å². The zero-order valence-electron chi connectivity index (χ0n) is 10.5. The standard InChI is InChI=1S/C13H15IN2O3/c1-16(7-12(18)15-9-3-4-9)13(19)8-2-5-10(14)11(17)6-8/h2,5-6,9,17H,3-4,7H2,1H3,(H,15,18). The van der Waals surface area contributed by atoms with E-state index in [1.807, 2.05) is 22.6 Å². The van der Waals surface area contributed by atoms with Gasteiger partial charge in [0.1, 0.15) is 5.75 Å². The molecule has 1 aliphatic carbocycles. The van der Waals surface area contributed by atoms with Crippen molar-refractivity contribution in [1.29, 1.82) is 0 Å². The van der Waals surface area contributed by atoms with Gasteiger partial charge in [-0.05, 0) is 53.6 Å². The summed E-state index contributed by atoms with van der Waals surface area (Å²) in [5.74, 6) is -0.354. The molecule has 0 bridgehead atoms. The third-order valence-electron chi connectivity index (χ3n) is 2.86. The van der Waals surface area contributed by atoms with Gasteiger partial charge in [0.05, 0.1) is 10.1 Å². The quantitative estimate of drug-likeness (QED) is 0.782. The maximum Gasteiger partial charge on any atom is 0.254 e. The molecule has 0 aliphatic heterocycles. The largest absolute Gasteiger partial charge is 0.507 e. The number of carbonyl (C=O) groups excluding carboxylic acids is 2. The average molecular weight is 374 g/mol. The van der Waals surface area contributed by atoms with Crippen LogP contribution < -0.4 is 5.32 Å². The first-order valence-corrected chi connectivity index (χ1v) is 7.08. The van der Waals surface area contributed by atoms with Crippen molar-refractivity contribution in [3.05, 3.63) is 27.3 Å². The fraction of sp³-hybridized carbons (Fsp3) is 0.385. The lowest BCUT2D eigenvalue weighted by atomic mass is 10.2. The minimum absolute atomic E-state index is 0.0298. The van der Waals surface area contributed by atoms with Crippen LogP contribution in [0.3, 0.4) is 0 Å². The summed E-state index contributed by atoms with van der Waals surface area (Å²) in [5.41, 5.74) is 0.375. The summed E-state index contributed by atoms with van der Waals surface area (Å²) in [6, 6.07) is 5.01. The molecular formula is C13H15IN2O3. The number of rotatable bonds is 4. The number of carbonyl (C=O) groups is 2. The fourth-order valence-electron chi connectivity index (χ4n) is 1.65. The summed E-state index contributed by atoms with van der Waals surface area (Å²) < 4.78 is 0.684. The summed E-state index contributed by atoms with van der Waals surface area (Å²) in [6.07, 6.45) is 2.04. The zero-order valence-corrected chi connectivity index (χ0v) is 12.7. The smallest absolute Gasteiger partial charge is 0.254 e. The van der Waals surface area contributed by atoms with Gasteiger partial charge in [0.25, 0.3) is 5.91 Å². The Kier molecular flexibility index (Phi) is 4.28.